The Balaban J connectivity index is 1.58. The number of nitrogens with zero attached hydrogens (tertiary/aromatic N) is 2. The Bertz CT molecular complexity index is 1670. The van der Waals surface area contributed by atoms with Gasteiger partial charge in [0.1, 0.15) is 11.5 Å². The standard InChI is InChI=1S/C37H42FN3O10/c1-47-22-49-26-15-13-24(14-16-26)34(43)39-32-27(12-9-21-41(37(45)46)35(32)51-36(44)25-10-5-3-6-11-25)33(42)30-29(50-23-48-2)18-17-28(31(30)38)40-19-7-4-8-20-40/h3,5-6,10-11,13-18,27,32,35H,4,7-9,12,19-23H2,1-2H3,(H,39,43)(H,45,46). The number of rotatable bonds is 13. The smallest absolute Gasteiger partial charge is 0.410 e. The predicted octanol–water partition coefficient (Wildman–Crippen LogP) is 5.34. The van der Waals surface area contributed by atoms with Crippen LogP contribution in [0.25, 0.3) is 0 Å². The van der Waals surface area contributed by atoms with Gasteiger partial charge in [0, 0.05) is 45.3 Å². The van der Waals surface area contributed by atoms with E-state index in [2.05, 4.69) is 5.32 Å². The number of piperidine rings is 1. The number of methoxy groups -OCH3 is 2. The third-order valence-electron chi connectivity index (χ3n) is 8.90. The lowest BCUT2D eigenvalue weighted by molar-refractivity contribution is -0.0416. The summed E-state index contributed by atoms with van der Waals surface area (Å²) in [6.07, 6.45) is -0.211. The van der Waals surface area contributed by atoms with E-state index >= 15 is 4.39 Å². The van der Waals surface area contributed by atoms with Crippen LogP contribution in [0.4, 0.5) is 14.9 Å². The number of esters is 1. The lowest BCUT2D eigenvalue weighted by Crippen LogP contribution is -2.58. The predicted molar refractivity (Wildman–Crippen MR) is 183 cm³/mol. The van der Waals surface area contributed by atoms with Crippen LogP contribution in [0.2, 0.25) is 0 Å². The number of ketones is 1. The minimum atomic E-state index is -1.67. The minimum absolute atomic E-state index is 0.0114. The van der Waals surface area contributed by atoms with E-state index in [0.29, 0.717) is 18.8 Å². The number of halogens is 1. The van der Waals surface area contributed by atoms with Crippen LogP contribution in [0.15, 0.2) is 66.7 Å². The molecule has 0 spiro atoms. The second-order valence-electron chi connectivity index (χ2n) is 12.2. The molecule has 2 saturated heterocycles. The molecular weight excluding hydrogens is 665 g/mol. The first-order chi connectivity index (χ1) is 24.7. The molecule has 2 aliphatic heterocycles. The van der Waals surface area contributed by atoms with Gasteiger partial charge in [0.05, 0.1) is 22.9 Å². The monoisotopic (exact) mass is 707 g/mol. The number of benzene rings is 3. The molecule has 2 fully saturated rings. The Hall–Kier alpha value is -5.21. The van der Waals surface area contributed by atoms with E-state index in [1.54, 1.807) is 36.4 Å². The van der Waals surface area contributed by atoms with E-state index < -0.39 is 47.8 Å². The Morgan fingerprint density at radius 3 is 2.18 bits per heavy atom. The maximum Gasteiger partial charge on any atom is 0.410 e. The Kier molecular flexibility index (Phi) is 12.8. The molecule has 14 heteroatoms. The fourth-order valence-corrected chi connectivity index (χ4v) is 6.39. The van der Waals surface area contributed by atoms with Crippen LogP contribution < -0.4 is 19.7 Å². The number of hydrogen-bond donors (Lipinski definition) is 2. The van der Waals surface area contributed by atoms with Gasteiger partial charge in [-0.15, -0.1) is 0 Å². The molecule has 2 N–H and O–H groups in total. The van der Waals surface area contributed by atoms with Crippen molar-refractivity contribution in [2.45, 2.75) is 44.4 Å². The molecule has 13 nitrogen and oxygen atoms in total. The van der Waals surface area contributed by atoms with Crippen LogP contribution in [0.5, 0.6) is 11.5 Å². The fourth-order valence-electron chi connectivity index (χ4n) is 6.39. The number of Topliss-reactive ketones (excluding diaryl/α,β-unsaturated/α-hetero) is 1. The number of anilines is 1. The average Bonchev–Trinajstić information content (AvgIpc) is 3.33. The molecular formula is C37H42FN3O10. The number of amides is 2. The number of nitrogens with one attached hydrogen (secondary N) is 1. The molecule has 5 rings (SSSR count). The van der Waals surface area contributed by atoms with Gasteiger partial charge in [0.25, 0.3) is 5.91 Å². The van der Waals surface area contributed by atoms with Crippen LogP contribution >= 0.6 is 0 Å². The summed E-state index contributed by atoms with van der Waals surface area (Å²) in [6.45, 7) is 0.786. The van der Waals surface area contributed by atoms with Gasteiger partial charge < -0.3 is 39.0 Å². The zero-order valence-corrected chi connectivity index (χ0v) is 28.5. The molecule has 0 saturated carbocycles. The molecule has 3 unspecified atom stereocenters. The van der Waals surface area contributed by atoms with Gasteiger partial charge in [-0.3, -0.25) is 14.5 Å². The molecule has 3 aromatic rings. The summed E-state index contributed by atoms with van der Waals surface area (Å²) in [5.41, 5.74) is 0.137. The highest BCUT2D eigenvalue weighted by molar-refractivity contribution is 6.03. The van der Waals surface area contributed by atoms with Gasteiger partial charge in [0.2, 0.25) is 6.23 Å². The Morgan fingerprint density at radius 1 is 0.824 bits per heavy atom. The zero-order chi connectivity index (χ0) is 36.3. The van der Waals surface area contributed by atoms with Crippen molar-refractivity contribution in [2.24, 2.45) is 5.92 Å². The van der Waals surface area contributed by atoms with Crippen LogP contribution in [-0.4, -0.2) is 93.5 Å². The van der Waals surface area contributed by atoms with Crippen molar-refractivity contribution in [2.75, 3.05) is 52.3 Å². The van der Waals surface area contributed by atoms with Crippen LogP contribution in [0.3, 0.4) is 0 Å². The van der Waals surface area contributed by atoms with E-state index in [1.165, 1.54) is 44.6 Å². The number of hydrogen-bond acceptors (Lipinski definition) is 10. The summed E-state index contributed by atoms with van der Waals surface area (Å²) in [7, 11) is 2.86. The quantitative estimate of drug-likeness (QED) is 0.135. The second kappa shape index (κ2) is 17.6. The molecule has 272 valence electrons. The Morgan fingerprint density at radius 2 is 1.51 bits per heavy atom. The largest absolute Gasteiger partial charge is 0.468 e. The fraction of sp³-hybridized carbons (Fsp3) is 0.405. The molecule has 51 heavy (non-hydrogen) atoms. The maximum atomic E-state index is 16.7. The first-order valence-corrected chi connectivity index (χ1v) is 16.7. The van der Waals surface area contributed by atoms with E-state index in [9.17, 15) is 24.3 Å². The normalized spacial score (nSPS) is 19.1. The number of carbonyl (C=O) groups excluding carboxylic acids is 3. The molecule has 2 heterocycles. The van der Waals surface area contributed by atoms with E-state index in [1.807, 2.05) is 4.90 Å². The van der Waals surface area contributed by atoms with Crippen molar-refractivity contribution in [1.82, 2.24) is 10.2 Å². The third kappa shape index (κ3) is 8.94. The molecule has 0 aromatic heterocycles. The summed E-state index contributed by atoms with van der Waals surface area (Å²) in [4.78, 5) is 57.5. The van der Waals surface area contributed by atoms with Crippen LogP contribution in [0, 0.1) is 11.7 Å². The molecule has 0 bridgehead atoms. The van der Waals surface area contributed by atoms with Crippen molar-refractivity contribution in [3.05, 3.63) is 89.2 Å². The third-order valence-corrected chi connectivity index (χ3v) is 8.90. The molecule has 3 atom stereocenters. The minimum Gasteiger partial charge on any atom is -0.468 e. The highest BCUT2D eigenvalue weighted by Crippen LogP contribution is 2.37. The van der Waals surface area contributed by atoms with Crippen molar-refractivity contribution >= 4 is 29.4 Å². The van der Waals surface area contributed by atoms with Crippen LogP contribution in [0.1, 0.15) is 63.2 Å². The number of carboxylic acid groups (broad SMARTS) is 1. The lowest BCUT2D eigenvalue weighted by atomic mass is 9.85. The molecule has 2 amide bonds. The summed E-state index contributed by atoms with van der Waals surface area (Å²) in [5.74, 6) is -4.02. The average molecular weight is 708 g/mol. The highest BCUT2D eigenvalue weighted by Gasteiger charge is 2.46. The Labute approximate surface area is 295 Å². The SMILES string of the molecule is COCOc1ccc(C(=O)NC2C(C(=O)c3c(OCOC)ccc(N4CCCCC4)c3F)CCCN(C(=O)O)C2OC(=O)c2ccccc2)cc1. The molecule has 0 aliphatic carbocycles. The van der Waals surface area contributed by atoms with Gasteiger partial charge >= 0.3 is 12.1 Å². The lowest BCUT2D eigenvalue weighted by Gasteiger charge is -2.36. The first-order valence-electron chi connectivity index (χ1n) is 16.7. The topological polar surface area (TPSA) is 153 Å². The summed E-state index contributed by atoms with van der Waals surface area (Å²) < 4.78 is 43.6. The highest BCUT2D eigenvalue weighted by atomic mass is 19.1. The number of carbonyl (C=O) groups is 4. The van der Waals surface area contributed by atoms with Crippen molar-refractivity contribution < 1.29 is 52.4 Å². The van der Waals surface area contributed by atoms with Crippen molar-refractivity contribution in [3.8, 4) is 11.5 Å². The van der Waals surface area contributed by atoms with Gasteiger partial charge in [-0.25, -0.2) is 14.0 Å². The molecule has 0 radical (unpaired) electrons. The van der Waals surface area contributed by atoms with Gasteiger partial charge in [-0.1, -0.05) is 18.2 Å². The molecule has 2 aliphatic rings. The number of likely N-dealkylation sites (tertiary alicyclic amines) is 1. The van der Waals surface area contributed by atoms with Gasteiger partial charge in [0.15, 0.2) is 25.2 Å². The maximum absolute atomic E-state index is 16.7. The van der Waals surface area contributed by atoms with E-state index in [0.717, 1.165) is 24.2 Å². The van der Waals surface area contributed by atoms with Crippen LogP contribution in [-0.2, 0) is 14.2 Å². The van der Waals surface area contributed by atoms with Gasteiger partial charge in [-0.2, -0.15) is 0 Å². The summed E-state index contributed by atoms with van der Waals surface area (Å²) in [6, 6.07) is 15.6. The second-order valence-corrected chi connectivity index (χ2v) is 12.2. The first kappa shape index (κ1) is 37.1. The van der Waals surface area contributed by atoms with Gasteiger partial charge in [-0.05, 0) is 80.6 Å². The summed E-state index contributed by atoms with van der Waals surface area (Å²) in [5, 5.41) is 13.1. The van der Waals surface area contributed by atoms with Crippen molar-refractivity contribution in [3.63, 3.8) is 0 Å². The number of ether oxygens (including phenoxy) is 5. The zero-order valence-electron chi connectivity index (χ0n) is 28.5. The molecule has 3 aromatic carbocycles. The van der Waals surface area contributed by atoms with Crippen molar-refractivity contribution in [1.29, 1.82) is 0 Å². The van der Waals surface area contributed by atoms with E-state index in [4.69, 9.17) is 23.7 Å². The van der Waals surface area contributed by atoms with E-state index in [-0.39, 0.29) is 61.1 Å². The summed E-state index contributed by atoms with van der Waals surface area (Å²) >= 11 is 0.